The summed E-state index contributed by atoms with van der Waals surface area (Å²) in [6.45, 7) is 1.92. The van der Waals surface area contributed by atoms with E-state index in [0.717, 1.165) is 16.3 Å². The molecule has 20 heavy (non-hydrogen) atoms. The number of carboxylic acid groups (broad SMARTS) is 1. The van der Waals surface area contributed by atoms with Crippen LogP contribution < -0.4 is 11.1 Å². The van der Waals surface area contributed by atoms with E-state index in [-0.39, 0.29) is 11.9 Å². The summed E-state index contributed by atoms with van der Waals surface area (Å²) in [6.07, 6.45) is -0.396. The first-order valence-electron chi connectivity index (χ1n) is 6.39. The molecule has 0 spiro atoms. The number of fused-ring (bicyclic) bond motifs is 1. The Labute approximate surface area is 116 Å². The Hall–Kier alpha value is -2.56. The van der Waals surface area contributed by atoms with E-state index in [0.29, 0.717) is 12.0 Å². The van der Waals surface area contributed by atoms with Crippen molar-refractivity contribution in [2.45, 2.75) is 19.4 Å². The van der Waals surface area contributed by atoms with E-state index in [1.54, 1.807) is 6.07 Å². The molecule has 2 rings (SSSR count). The lowest BCUT2D eigenvalue weighted by Gasteiger charge is -2.18. The highest BCUT2D eigenvalue weighted by Gasteiger charge is 2.15. The quantitative estimate of drug-likeness (QED) is 0.508. The molecule has 0 bridgehead atoms. The Balaban J connectivity index is 2.59. The predicted molar refractivity (Wildman–Crippen MR) is 79.2 cm³/mol. The van der Waals surface area contributed by atoms with Crippen LogP contribution in [0, 0.1) is 5.41 Å². The van der Waals surface area contributed by atoms with Crippen molar-refractivity contribution in [1.82, 2.24) is 5.32 Å². The number of hydrogen-bond acceptors (Lipinski definition) is 2. The highest BCUT2D eigenvalue weighted by atomic mass is 16.4. The van der Waals surface area contributed by atoms with Crippen LogP contribution in [0.15, 0.2) is 36.4 Å². The topological polar surface area (TPSA) is 99.2 Å². The van der Waals surface area contributed by atoms with Crippen LogP contribution in [0.4, 0.5) is 4.79 Å². The van der Waals surface area contributed by atoms with Gasteiger partial charge in [-0.2, -0.15) is 0 Å². The van der Waals surface area contributed by atoms with E-state index in [9.17, 15) is 4.79 Å². The monoisotopic (exact) mass is 271 g/mol. The number of hydrogen-bond donors (Lipinski definition) is 4. The van der Waals surface area contributed by atoms with Crippen molar-refractivity contribution in [1.29, 1.82) is 5.41 Å². The summed E-state index contributed by atoms with van der Waals surface area (Å²) in [6, 6.07) is 11.0. The van der Waals surface area contributed by atoms with Gasteiger partial charge in [0.05, 0.1) is 6.04 Å². The van der Waals surface area contributed by atoms with Gasteiger partial charge in [0.1, 0.15) is 5.84 Å². The van der Waals surface area contributed by atoms with Crippen LogP contribution in [0.2, 0.25) is 0 Å². The SMILES string of the molecule is CCC(NC(=O)O)c1cccc2ccc(C(=N)N)cc12. The van der Waals surface area contributed by atoms with E-state index in [4.69, 9.17) is 16.2 Å². The normalized spacial score (nSPS) is 12.1. The third-order valence-electron chi connectivity index (χ3n) is 3.31. The second kappa shape index (κ2) is 5.61. The standard InChI is InChI=1S/C15H17N3O2/c1-2-13(18-15(19)20)11-5-3-4-9-6-7-10(14(16)17)8-12(9)11/h3-8,13,18H,2H2,1H3,(H3,16,17)(H,19,20). The van der Waals surface area contributed by atoms with Crippen molar-refractivity contribution in [3.05, 3.63) is 47.5 Å². The van der Waals surface area contributed by atoms with Crippen LogP contribution in [0.3, 0.4) is 0 Å². The third-order valence-corrected chi connectivity index (χ3v) is 3.31. The molecule has 0 radical (unpaired) electrons. The smallest absolute Gasteiger partial charge is 0.405 e. The van der Waals surface area contributed by atoms with Crippen molar-refractivity contribution >= 4 is 22.7 Å². The summed E-state index contributed by atoms with van der Waals surface area (Å²) in [7, 11) is 0. The number of rotatable bonds is 4. The molecule has 0 saturated heterocycles. The van der Waals surface area contributed by atoms with Crippen molar-refractivity contribution in [2.24, 2.45) is 5.73 Å². The first-order chi connectivity index (χ1) is 9.52. The van der Waals surface area contributed by atoms with E-state index in [1.807, 2.05) is 37.3 Å². The van der Waals surface area contributed by atoms with Crippen molar-refractivity contribution in [3.63, 3.8) is 0 Å². The average molecular weight is 271 g/mol. The zero-order chi connectivity index (χ0) is 14.7. The summed E-state index contributed by atoms with van der Waals surface area (Å²) in [5.74, 6) is 0.000875. The third kappa shape index (κ3) is 2.71. The molecular formula is C15H17N3O2. The Kier molecular flexibility index (Phi) is 3.89. The first-order valence-corrected chi connectivity index (χ1v) is 6.39. The number of carbonyl (C=O) groups is 1. The van der Waals surface area contributed by atoms with Gasteiger partial charge in [0, 0.05) is 5.56 Å². The summed E-state index contributed by atoms with van der Waals surface area (Å²) in [4.78, 5) is 10.9. The summed E-state index contributed by atoms with van der Waals surface area (Å²) in [5, 5.41) is 20.9. The molecule has 0 aromatic heterocycles. The van der Waals surface area contributed by atoms with Gasteiger partial charge in [0.15, 0.2) is 0 Å². The zero-order valence-corrected chi connectivity index (χ0v) is 11.2. The van der Waals surface area contributed by atoms with E-state index < -0.39 is 6.09 Å². The van der Waals surface area contributed by atoms with E-state index >= 15 is 0 Å². The highest BCUT2D eigenvalue weighted by molar-refractivity contribution is 6.00. The molecule has 0 aliphatic rings. The molecule has 0 heterocycles. The van der Waals surface area contributed by atoms with E-state index in [1.165, 1.54) is 0 Å². The average Bonchev–Trinajstić information content (AvgIpc) is 2.43. The van der Waals surface area contributed by atoms with Gasteiger partial charge in [-0.25, -0.2) is 4.79 Å². The van der Waals surface area contributed by atoms with Crippen LogP contribution in [0.5, 0.6) is 0 Å². The van der Waals surface area contributed by atoms with Gasteiger partial charge in [0.2, 0.25) is 0 Å². The van der Waals surface area contributed by atoms with Gasteiger partial charge < -0.3 is 16.2 Å². The molecular weight excluding hydrogens is 254 g/mol. The molecule has 104 valence electrons. The minimum Gasteiger partial charge on any atom is -0.465 e. The Bertz CT molecular complexity index is 667. The van der Waals surface area contributed by atoms with Crippen molar-refractivity contribution in [2.75, 3.05) is 0 Å². The molecule has 1 atom stereocenters. The fourth-order valence-electron chi connectivity index (χ4n) is 2.32. The lowest BCUT2D eigenvalue weighted by molar-refractivity contribution is 0.189. The number of benzene rings is 2. The second-order valence-corrected chi connectivity index (χ2v) is 4.61. The first kappa shape index (κ1) is 13.9. The molecule has 2 aromatic carbocycles. The minimum absolute atomic E-state index is 0.000875. The minimum atomic E-state index is -1.04. The van der Waals surface area contributed by atoms with Crippen molar-refractivity contribution < 1.29 is 9.90 Å². The molecule has 1 amide bonds. The van der Waals surface area contributed by atoms with Crippen LogP contribution in [0.25, 0.3) is 10.8 Å². The molecule has 5 nitrogen and oxygen atoms in total. The van der Waals surface area contributed by atoms with Crippen LogP contribution >= 0.6 is 0 Å². The number of nitrogen functional groups attached to an aromatic ring is 1. The predicted octanol–water partition coefficient (Wildman–Crippen LogP) is 2.84. The Morgan fingerprint density at radius 3 is 2.75 bits per heavy atom. The Morgan fingerprint density at radius 1 is 1.40 bits per heavy atom. The van der Waals surface area contributed by atoms with Crippen LogP contribution in [0.1, 0.15) is 30.5 Å². The molecule has 2 aromatic rings. The highest BCUT2D eigenvalue weighted by Crippen LogP contribution is 2.27. The molecule has 0 aliphatic carbocycles. The molecule has 0 fully saturated rings. The summed E-state index contributed by atoms with van der Waals surface area (Å²) >= 11 is 0. The maximum absolute atomic E-state index is 10.9. The maximum Gasteiger partial charge on any atom is 0.405 e. The van der Waals surface area contributed by atoms with Gasteiger partial charge in [-0.15, -0.1) is 0 Å². The number of amides is 1. The molecule has 1 unspecified atom stereocenters. The van der Waals surface area contributed by atoms with Gasteiger partial charge in [-0.1, -0.05) is 37.3 Å². The Morgan fingerprint density at radius 2 is 2.15 bits per heavy atom. The van der Waals surface area contributed by atoms with Crippen molar-refractivity contribution in [3.8, 4) is 0 Å². The van der Waals surface area contributed by atoms with Gasteiger partial charge in [-0.3, -0.25) is 5.41 Å². The molecule has 5 N–H and O–H groups in total. The number of nitrogens with two attached hydrogens (primary N) is 1. The fourth-order valence-corrected chi connectivity index (χ4v) is 2.32. The fraction of sp³-hybridized carbons (Fsp3) is 0.200. The van der Waals surface area contributed by atoms with Gasteiger partial charge >= 0.3 is 6.09 Å². The van der Waals surface area contributed by atoms with E-state index in [2.05, 4.69) is 5.32 Å². The molecule has 5 heteroatoms. The van der Waals surface area contributed by atoms with Gasteiger partial charge in [-0.05, 0) is 28.8 Å². The summed E-state index contributed by atoms with van der Waals surface area (Å²) < 4.78 is 0. The van der Waals surface area contributed by atoms with Crippen LogP contribution in [-0.2, 0) is 0 Å². The lowest BCUT2D eigenvalue weighted by atomic mass is 9.95. The zero-order valence-electron chi connectivity index (χ0n) is 11.2. The lowest BCUT2D eigenvalue weighted by Crippen LogP contribution is -2.26. The van der Waals surface area contributed by atoms with Gasteiger partial charge in [0.25, 0.3) is 0 Å². The number of nitrogens with one attached hydrogen (secondary N) is 2. The number of amidine groups is 1. The maximum atomic E-state index is 10.9. The summed E-state index contributed by atoms with van der Waals surface area (Å²) in [5.41, 5.74) is 7.05. The largest absolute Gasteiger partial charge is 0.465 e. The second-order valence-electron chi connectivity index (χ2n) is 4.61. The molecule has 0 saturated carbocycles. The molecule has 0 aliphatic heterocycles. The van der Waals surface area contributed by atoms with Crippen LogP contribution in [-0.4, -0.2) is 17.0 Å².